The molecule has 184 valence electrons. The summed E-state index contributed by atoms with van der Waals surface area (Å²) in [6.07, 6.45) is 13.2. The third-order valence-corrected chi connectivity index (χ3v) is 7.36. The number of pyridine rings is 1. The molecule has 3 aromatic rings. The molecular formula is C31H38N2OS. The molecule has 0 radical (unpaired) electrons. The Balaban J connectivity index is 1.69. The van der Waals surface area contributed by atoms with Crippen molar-refractivity contribution in [2.45, 2.75) is 76.2 Å². The number of nitrogens with zero attached hydrogens (tertiary/aromatic N) is 2. The maximum absolute atomic E-state index is 10.1. The number of para-hydroxylation sites is 1. The summed E-state index contributed by atoms with van der Waals surface area (Å²) in [5, 5.41) is 10.9. The molecule has 0 amide bonds. The minimum atomic E-state index is 0.631. The number of aromatic nitrogens is 1. The third-order valence-electron chi connectivity index (χ3n) is 6.30. The van der Waals surface area contributed by atoms with Crippen LogP contribution in [0.25, 0.3) is 22.4 Å². The molecule has 0 fully saturated rings. The quantitative estimate of drug-likeness (QED) is 0.159. The normalized spacial score (nSPS) is 10.8. The summed E-state index contributed by atoms with van der Waals surface area (Å²) in [6, 6.07) is 22.5. The number of unbranched alkanes of at least 4 members (excludes halogenated alkanes) is 9. The first-order valence-corrected chi connectivity index (χ1v) is 14.0. The number of nitriles is 1. The first kappa shape index (κ1) is 26.8. The van der Waals surface area contributed by atoms with Gasteiger partial charge < -0.3 is 4.74 Å². The Labute approximate surface area is 216 Å². The first-order chi connectivity index (χ1) is 17.3. The van der Waals surface area contributed by atoms with E-state index >= 15 is 0 Å². The van der Waals surface area contributed by atoms with Crippen LogP contribution in [0.5, 0.6) is 5.75 Å². The summed E-state index contributed by atoms with van der Waals surface area (Å²) in [4.78, 5) is 4.94. The molecule has 0 atom stereocenters. The highest BCUT2D eigenvalue weighted by atomic mass is 32.2. The van der Waals surface area contributed by atoms with Crippen LogP contribution >= 0.6 is 11.8 Å². The predicted molar refractivity (Wildman–Crippen MR) is 149 cm³/mol. The standard InChI is InChI=1S/C31H38N2OS/c1-3-4-5-6-7-8-9-10-11-17-22-35-31-28(24-32)27(26-20-15-16-21-30(26)34-2)23-29(33-31)25-18-13-12-14-19-25/h12-16,18-21,23H,3-11,17,22H2,1-2H3. The smallest absolute Gasteiger partial charge is 0.126 e. The predicted octanol–water partition coefficient (Wildman–Crippen LogP) is 9.31. The van der Waals surface area contributed by atoms with Gasteiger partial charge in [0.15, 0.2) is 0 Å². The molecule has 3 rings (SSSR count). The molecule has 0 saturated heterocycles. The fraction of sp³-hybridized carbons (Fsp3) is 0.419. The van der Waals surface area contributed by atoms with Crippen LogP contribution in [0.4, 0.5) is 0 Å². The molecule has 0 aliphatic rings. The minimum Gasteiger partial charge on any atom is -0.496 e. The lowest BCUT2D eigenvalue weighted by molar-refractivity contribution is 0.416. The molecule has 0 N–H and O–H groups in total. The van der Waals surface area contributed by atoms with Crippen LogP contribution in [0.3, 0.4) is 0 Å². The molecule has 1 aromatic heterocycles. The maximum Gasteiger partial charge on any atom is 0.126 e. The number of hydrogen-bond donors (Lipinski definition) is 0. The van der Waals surface area contributed by atoms with Crippen LogP contribution in [0.1, 0.15) is 76.7 Å². The van der Waals surface area contributed by atoms with Crippen molar-refractivity contribution in [1.29, 1.82) is 5.26 Å². The molecule has 35 heavy (non-hydrogen) atoms. The Morgan fingerprint density at radius 3 is 2.09 bits per heavy atom. The number of benzene rings is 2. The maximum atomic E-state index is 10.1. The largest absolute Gasteiger partial charge is 0.496 e. The highest BCUT2D eigenvalue weighted by molar-refractivity contribution is 7.99. The number of rotatable bonds is 15. The van der Waals surface area contributed by atoms with Gasteiger partial charge in [0, 0.05) is 16.7 Å². The summed E-state index contributed by atoms with van der Waals surface area (Å²) < 4.78 is 5.62. The molecule has 4 heteroatoms. The van der Waals surface area contributed by atoms with Gasteiger partial charge >= 0.3 is 0 Å². The molecule has 0 bridgehead atoms. The average Bonchev–Trinajstić information content (AvgIpc) is 2.91. The van der Waals surface area contributed by atoms with Crippen LogP contribution in [0.15, 0.2) is 65.7 Å². The van der Waals surface area contributed by atoms with Gasteiger partial charge in [-0.25, -0.2) is 4.98 Å². The van der Waals surface area contributed by atoms with Gasteiger partial charge in [0.2, 0.25) is 0 Å². The van der Waals surface area contributed by atoms with E-state index in [1.54, 1.807) is 18.9 Å². The fourth-order valence-electron chi connectivity index (χ4n) is 4.33. The Hall–Kier alpha value is -2.77. The Kier molecular flexibility index (Phi) is 11.7. The molecule has 0 spiro atoms. The molecule has 0 unspecified atom stereocenters. The topological polar surface area (TPSA) is 45.9 Å². The van der Waals surface area contributed by atoms with Crippen LogP contribution in [0, 0.1) is 11.3 Å². The molecule has 2 aromatic carbocycles. The van der Waals surface area contributed by atoms with E-state index in [4.69, 9.17) is 9.72 Å². The summed E-state index contributed by atoms with van der Waals surface area (Å²) in [5.41, 5.74) is 4.37. The Morgan fingerprint density at radius 2 is 1.43 bits per heavy atom. The summed E-state index contributed by atoms with van der Waals surface area (Å²) in [6.45, 7) is 2.27. The van der Waals surface area contributed by atoms with E-state index in [2.05, 4.69) is 25.1 Å². The van der Waals surface area contributed by atoms with Gasteiger partial charge in [0.1, 0.15) is 16.8 Å². The minimum absolute atomic E-state index is 0.631. The highest BCUT2D eigenvalue weighted by Crippen LogP contribution is 2.38. The number of ether oxygens (including phenoxy) is 1. The van der Waals surface area contributed by atoms with E-state index in [0.29, 0.717) is 5.56 Å². The van der Waals surface area contributed by atoms with E-state index in [1.807, 2.05) is 48.5 Å². The fourth-order valence-corrected chi connectivity index (χ4v) is 5.33. The zero-order valence-electron chi connectivity index (χ0n) is 21.3. The number of thioether (sulfide) groups is 1. The second-order valence-corrected chi connectivity index (χ2v) is 10.0. The molecular weight excluding hydrogens is 448 g/mol. The monoisotopic (exact) mass is 486 g/mol. The molecule has 0 aliphatic carbocycles. The Bertz CT molecular complexity index is 1080. The molecule has 1 heterocycles. The summed E-state index contributed by atoms with van der Waals surface area (Å²) in [7, 11) is 1.67. The van der Waals surface area contributed by atoms with Crippen molar-refractivity contribution in [2.24, 2.45) is 0 Å². The van der Waals surface area contributed by atoms with Crippen molar-refractivity contribution in [3.05, 3.63) is 66.2 Å². The Morgan fingerprint density at radius 1 is 0.800 bits per heavy atom. The SMILES string of the molecule is CCCCCCCCCCCCSc1nc(-c2ccccc2)cc(-c2ccccc2OC)c1C#N. The van der Waals surface area contributed by atoms with Crippen molar-refractivity contribution in [1.82, 2.24) is 4.98 Å². The van der Waals surface area contributed by atoms with Crippen molar-refractivity contribution in [3.8, 4) is 34.2 Å². The zero-order valence-corrected chi connectivity index (χ0v) is 22.1. The summed E-state index contributed by atoms with van der Waals surface area (Å²) in [5.74, 6) is 1.74. The second kappa shape index (κ2) is 15.3. The number of methoxy groups -OCH3 is 1. The lowest BCUT2D eigenvalue weighted by Crippen LogP contribution is -1.98. The lowest BCUT2D eigenvalue weighted by atomic mass is 9.98. The van der Waals surface area contributed by atoms with Gasteiger partial charge in [0.05, 0.1) is 18.4 Å². The molecule has 0 saturated carbocycles. The van der Waals surface area contributed by atoms with Gasteiger partial charge in [-0.2, -0.15) is 5.26 Å². The van der Waals surface area contributed by atoms with Crippen LogP contribution in [-0.4, -0.2) is 17.8 Å². The number of hydrogen-bond acceptors (Lipinski definition) is 4. The van der Waals surface area contributed by atoms with Crippen molar-refractivity contribution in [2.75, 3.05) is 12.9 Å². The van der Waals surface area contributed by atoms with Gasteiger partial charge in [-0.05, 0) is 24.3 Å². The molecule has 3 nitrogen and oxygen atoms in total. The van der Waals surface area contributed by atoms with Gasteiger partial charge in [0.25, 0.3) is 0 Å². The van der Waals surface area contributed by atoms with Gasteiger partial charge in [-0.15, -0.1) is 11.8 Å². The van der Waals surface area contributed by atoms with Crippen LogP contribution < -0.4 is 4.74 Å². The van der Waals surface area contributed by atoms with E-state index in [9.17, 15) is 5.26 Å². The van der Waals surface area contributed by atoms with Crippen LogP contribution in [-0.2, 0) is 0 Å². The summed E-state index contributed by atoms with van der Waals surface area (Å²) >= 11 is 1.71. The first-order valence-electron chi connectivity index (χ1n) is 13.0. The van der Waals surface area contributed by atoms with Crippen molar-refractivity contribution >= 4 is 11.8 Å². The van der Waals surface area contributed by atoms with Gasteiger partial charge in [-0.3, -0.25) is 0 Å². The average molecular weight is 487 g/mol. The van der Waals surface area contributed by atoms with E-state index in [1.165, 1.54) is 57.8 Å². The van der Waals surface area contributed by atoms with Crippen LogP contribution in [0.2, 0.25) is 0 Å². The highest BCUT2D eigenvalue weighted by Gasteiger charge is 2.18. The molecule has 0 aliphatic heterocycles. The van der Waals surface area contributed by atoms with Crippen molar-refractivity contribution < 1.29 is 4.74 Å². The van der Waals surface area contributed by atoms with Gasteiger partial charge in [-0.1, -0.05) is 113 Å². The van der Waals surface area contributed by atoms with E-state index in [0.717, 1.165) is 45.3 Å². The van der Waals surface area contributed by atoms with Crippen molar-refractivity contribution in [3.63, 3.8) is 0 Å². The zero-order chi connectivity index (χ0) is 24.7. The second-order valence-electron chi connectivity index (χ2n) is 8.94. The van der Waals surface area contributed by atoms with E-state index < -0.39 is 0 Å². The third kappa shape index (κ3) is 8.15. The lowest BCUT2D eigenvalue weighted by Gasteiger charge is -2.14. The van der Waals surface area contributed by atoms with E-state index in [-0.39, 0.29) is 0 Å².